The van der Waals surface area contributed by atoms with Crippen LogP contribution in [-0.2, 0) is 37.9 Å². The fraction of sp³-hybridized carbons (Fsp3) is 0.741. The first-order chi connectivity index (χ1) is 62.7. The zero-order chi connectivity index (χ0) is 105. The molecule has 774 valence electrons. The lowest BCUT2D eigenvalue weighted by Gasteiger charge is -2.32. The van der Waals surface area contributed by atoms with Gasteiger partial charge in [-0.25, -0.2) is 0 Å². The number of likely N-dealkylation sites (N-methyl/N-ethyl adjacent to an activating group) is 10. The fourth-order valence-electron chi connectivity index (χ4n) is 17.1. The van der Waals surface area contributed by atoms with Gasteiger partial charge in [-0.3, -0.25) is 33.6 Å². The molecule has 0 aliphatic rings. The van der Waals surface area contributed by atoms with Crippen LogP contribution in [0.4, 0.5) is 39.8 Å². The Hall–Kier alpha value is -5.18. The summed E-state index contributed by atoms with van der Waals surface area (Å²) in [6.45, 7) is 96.2. The van der Waals surface area contributed by atoms with Crippen LogP contribution >= 0.6 is 85.5 Å². The summed E-state index contributed by atoms with van der Waals surface area (Å²) in [5.74, 6) is 0. The fourth-order valence-corrected chi connectivity index (χ4v) is 20.6. The molecule has 0 unspecified atom stereocenters. The average molecular weight is 2020 g/mol. The lowest BCUT2D eigenvalue weighted by molar-refractivity contribution is 0.281. The highest BCUT2D eigenvalue weighted by Crippen LogP contribution is 2.39. The number of nitrogens with one attached hydrogen (secondary N) is 2. The van der Waals surface area contributed by atoms with E-state index in [2.05, 4.69) is 307 Å². The zero-order valence-corrected chi connectivity index (χ0v) is 98.6. The summed E-state index contributed by atoms with van der Waals surface area (Å²) in [6, 6.07) is 0. The molecule has 0 radical (unpaired) electrons. The highest BCUT2D eigenvalue weighted by atomic mass is 32.1. The topological polar surface area (TPSA) is 182 Å². The molecule has 7 rings (SSSR count). The van der Waals surface area contributed by atoms with Gasteiger partial charge in [-0.05, 0) is 175 Å². The molecule has 0 saturated carbocycles. The highest BCUT2D eigenvalue weighted by molar-refractivity contribution is 7.72. The molecule has 28 heteroatoms. The number of hydrogen-bond donors (Lipinski definition) is 2. The first-order valence-electron chi connectivity index (χ1n) is 50.6. The standard InChI is InChI=1S/C17H30N2OS.2C16H28N2OS.3C15H26N2OS.C14H24N2OS/c1-7-9-19(10-8-2)12-11-18(6)14-13(17(3,4)5)16(21)15(14)20;1-7-9-18(8-2)11-10-17(6)13-12(16(3,4)5)15(20)14(13)19;1-6-9-18(10-7-2)11-8-17-13-12(16(3,4)5)15(20)14(13)19;1-7-8-16(5)9-10-17(6)12-11(15(2,3)4)14(19)13(12)18;1-7-17(8-2)10-9-16(6)12-11(15(3,4)5)14(19)13(12)18;1-6-9-17(7-2)10-8-16-12-11(15(3,4)5)14(19)13(12)18;1-7-15(5)8-9-16(6)11-10(14(2,3)4)13(18)12(11)17/h7-12H2,1-6H3;7-11H2,1-6H3;17H,6-11H2,1-5H3;2*7-10H2,1-6H3;16H,6-10H2,1-5H3;7-9H2,1-6H3. The smallest absolute Gasteiger partial charge is 0.220 e. The summed E-state index contributed by atoms with van der Waals surface area (Å²) in [5, 5.41) is 6.58. The Balaban J connectivity index is 0.000000794. The number of rotatable bonds is 47. The summed E-state index contributed by atoms with van der Waals surface area (Å²) in [5.41, 5.74) is 12.8. The van der Waals surface area contributed by atoms with Crippen molar-refractivity contribution in [1.29, 1.82) is 0 Å². The van der Waals surface area contributed by atoms with Gasteiger partial charge in [-0.1, -0.05) is 314 Å². The van der Waals surface area contributed by atoms with Crippen molar-refractivity contribution >= 4 is 125 Å². The van der Waals surface area contributed by atoms with Crippen molar-refractivity contribution in [2.45, 2.75) is 311 Å². The molecule has 0 fully saturated rings. The summed E-state index contributed by atoms with van der Waals surface area (Å²) < 4.78 is 3.65. The van der Waals surface area contributed by atoms with Crippen LogP contribution < -0.4 is 73.1 Å². The predicted octanol–water partition coefficient (Wildman–Crippen LogP) is 21.0. The van der Waals surface area contributed by atoms with Gasteiger partial charge in [0.2, 0.25) is 38.0 Å². The van der Waals surface area contributed by atoms with E-state index in [4.69, 9.17) is 85.5 Å². The number of nitrogens with zero attached hydrogens (tertiary/aromatic N) is 12. The Kier molecular flexibility index (Phi) is 55.5. The molecule has 0 spiro atoms. The van der Waals surface area contributed by atoms with E-state index in [0.29, 0.717) is 31.6 Å². The van der Waals surface area contributed by atoms with Gasteiger partial charge in [0.05, 0.1) is 71.4 Å². The van der Waals surface area contributed by atoms with Crippen molar-refractivity contribution < 1.29 is 0 Å². The Morgan fingerprint density at radius 3 is 0.603 bits per heavy atom. The van der Waals surface area contributed by atoms with Gasteiger partial charge < -0.3 is 69.4 Å². The van der Waals surface area contributed by atoms with Crippen molar-refractivity contribution in [2.24, 2.45) is 0 Å². The third-order valence-electron chi connectivity index (χ3n) is 24.9. The second kappa shape index (κ2) is 58.5. The van der Waals surface area contributed by atoms with Crippen molar-refractivity contribution in [3.8, 4) is 0 Å². The van der Waals surface area contributed by atoms with Gasteiger partial charge in [0.15, 0.2) is 0 Å². The molecule has 0 saturated heterocycles. The Morgan fingerprint density at radius 1 is 0.199 bits per heavy atom. The second-order valence-corrected chi connectivity index (χ2v) is 47.1. The van der Waals surface area contributed by atoms with Crippen LogP contribution in [0.5, 0.6) is 0 Å². The third kappa shape index (κ3) is 37.5. The molecule has 0 heterocycles. The second-order valence-electron chi connectivity index (χ2n) is 44.2. The first kappa shape index (κ1) is 129. The minimum absolute atomic E-state index is 0.0125. The number of anilines is 7. The van der Waals surface area contributed by atoms with Crippen LogP contribution in [-0.4, -0.2) is 254 Å². The maximum atomic E-state index is 12.1. The Morgan fingerprint density at radius 2 is 0.382 bits per heavy atom. The van der Waals surface area contributed by atoms with Crippen LogP contribution in [0.2, 0.25) is 0 Å². The average Bonchev–Trinajstić information content (AvgIpc) is 0.737. The molecular weight excluding hydrogens is 1830 g/mol. The molecule has 0 amide bonds. The van der Waals surface area contributed by atoms with E-state index in [1.807, 2.05) is 40.1 Å². The lowest BCUT2D eigenvalue weighted by atomic mass is 9.82. The molecule has 0 aliphatic carbocycles. The molecule has 7 aromatic rings. The van der Waals surface area contributed by atoms with Crippen molar-refractivity contribution in [2.75, 3.05) is 255 Å². The molecule has 7 aromatic carbocycles. The largest absolute Gasteiger partial charge is 0.380 e. The van der Waals surface area contributed by atoms with Crippen LogP contribution in [0.15, 0.2) is 33.6 Å². The monoisotopic (exact) mass is 2020 g/mol. The van der Waals surface area contributed by atoms with Crippen molar-refractivity contribution in [3.63, 3.8) is 0 Å². The summed E-state index contributed by atoms with van der Waals surface area (Å²) in [6.07, 6.45) is 8.14. The quantitative estimate of drug-likeness (QED) is 0.0343. The van der Waals surface area contributed by atoms with Crippen LogP contribution in [0, 0.1) is 31.6 Å². The third-order valence-corrected chi connectivity index (χ3v) is 27.7. The van der Waals surface area contributed by atoms with Gasteiger partial charge in [-0.15, -0.1) is 0 Å². The Bertz CT molecular complexity index is 5300. The van der Waals surface area contributed by atoms with Crippen LogP contribution in [0.3, 0.4) is 0 Å². The van der Waals surface area contributed by atoms with Crippen LogP contribution in [0.1, 0.15) is 312 Å². The van der Waals surface area contributed by atoms with Gasteiger partial charge in [-0.2, -0.15) is 0 Å². The highest BCUT2D eigenvalue weighted by Gasteiger charge is 2.36. The zero-order valence-electron chi connectivity index (χ0n) is 92.9. The van der Waals surface area contributed by atoms with Gasteiger partial charge in [0, 0.05) is 166 Å². The minimum atomic E-state index is -0.0557. The first-order valence-corrected chi connectivity index (χ1v) is 53.5. The van der Waals surface area contributed by atoms with E-state index < -0.39 is 0 Å². The van der Waals surface area contributed by atoms with Gasteiger partial charge in [0.25, 0.3) is 0 Å². The molecule has 21 nitrogen and oxygen atoms in total. The predicted molar refractivity (Wildman–Crippen MR) is 613 cm³/mol. The minimum Gasteiger partial charge on any atom is -0.380 e. The summed E-state index contributed by atoms with van der Waals surface area (Å²) in [7, 11) is 14.2. The lowest BCUT2D eigenvalue weighted by Crippen LogP contribution is -2.39. The maximum absolute atomic E-state index is 12.1. The maximum Gasteiger partial charge on any atom is 0.220 e. The molecule has 0 aliphatic heterocycles. The number of hydrogen-bond acceptors (Lipinski definition) is 28. The molecule has 0 bridgehead atoms. The van der Waals surface area contributed by atoms with E-state index >= 15 is 0 Å². The SMILES string of the molecule is CCCN(C)CCN(C)c1c(C(C)(C)C)c(=S)c1=O.CCCN(CC)CCN(C)c1c(C(C)(C)C)c(=S)c1=O.CCCN(CC)CCNc1c(C(C)(C)C)c(=S)c1=O.CCCN(CCC)CCN(C)c1c(C(C)(C)C)c(=S)c1=O.CCCN(CCC)CCNc1c(C(C)(C)C)c(=S)c1=O.CCN(C)CCN(C)c1c(C(C)(C)C)c(=S)c1=O.CCN(CC)CCN(C)c1c(C(C)(C)C)c(=S)c1=O. The molecule has 136 heavy (non-hydrogen) atoms. The summed E-state index contributed by atoms with van der Waals surface area (Å²) >= 11 is 36.4. The van der Waals surface area contributed by atoms with E-state index in [1.165, 1.54) is 25.7 Å². The molecular formula is C108H188N14O7S7. The van der Waals surface area contributed by atoms with E-state index in [1.54, 1.807) is 0 Å². The molecule has 2 N–H and O–H groups in total. The van der Waals surface area contributed by atoms with Gasteiger partial charge >= 0.3 is 0 Å². The van der Waals surface area contributed by atoms with E-state index in [-0.39, 0.29) is 75.9 Å². The van der Waals surface area contributed by atoms with Crippen molar-refractivity contribution in [3.05, 3.63) is 142 Å². The van der Waals surface area contributed by atoms with Crippen molar-refractivity contribution in [1.82, 2.24) is 34.3 Å². The van der Waals surface area contributed by atoms with Crippen LogP contribution in [0.25, 0.3) is 0 Å². The summed E-state index contributed by atoms with van der Waals surface area (Å²) in [4.78, 5) is 111. The normalized spacial score (nSPS) is 12.3. The van der Waals surface area contributed by atoms with E-state index in [9.17, 15) is 33.6 Å². The van der Waals surface area contributed by atoms with E-state index in [0.717, 1.165) is 268 Å². The Labute approximate surface area is 861 Å². The van der Waals surface area contributed by atoms with Gasteiger partial charge in [0.1, 0.15) is 0 Å². The molecule has 0 atom stereocenters. The molecule has 0 aromatic heterocycles.